The Morgan fingerprint density at radius 2 is 1.84 bits per heavy atom. The standard InChI is InChI=1S/C26H34N2O3/c1-30-18-23-11-7-15-28(23)27-25(17-21-10-5-6-12-24(21)26(29)31-2)22-14-13-19-8-3-4-9-20(19)16-22/h3-4,8-9,13-14,16,21,23-24H,5-7,10-12,15,17-18H2,1-2H3/b27-25+/t21-,23+,24+/m1/s1. The normalized spacial score (nSPS) is 24.5. The fraction of sp³-hybridized carbons (Fsp3) is 0.538. The molecular formula is C26H34N2O3. The maximum Gasteiger partial charge on any atom is 0.308 e. The molecule has 1 aliphatic carbocycles. The lowest BCUT2D eigenvalue weighted by Gasteiger charge is -2.31. The molecule has 2 aliphatic rings. The van der Waals surface area contributed by atoms with E-state index in [2.05, 4.69) is 47.5 Å². The topological polar surface area (TPSA) is 51.1 Å². The molecule has 0 N–H and O–H groups in total. The zero-order chi connectivity index (χ0) is 21.6. The summed E-state index contributed by atoms with van der Waals surface area (Å²) in [5.41, 5.74) is 2.23. The minimum Gasteiger partial charge on any atom is -0.469 e. The fourth-order valence-corrected chi connectivity index (χ4v) is 5.22. The predicted molar refractivity (Wildman–Crippen MR) is 124 cm³/mol. The number of benzene rings is 2. The number of carbonyl (C=O) groups is 1. The van der Waals surface area contributed by atoms with Crippen molar-refractivity contribution in [2.45, 2.75) is 51.0 Å². The van der Waals surface area contributed by atoms with Crippen LogP contribution in [0.15, 0.2) is 47.6 Å². The van der Waals surface area contributed by atoms with Crippen LogP contribution in [0.1, 0.15) is 50.5 Å². The Labute approximate surface area is 185 Å². The summed E-state index contributed by atoms with van der Waals surface area (Å²) in [6.45, 7) is 1.65. The molecule has 1 saturated carbocycles. The monoisotopic (exact) mass is 422 g/mol. The van der Waals surface area contributed by atoms with Gasteiger partial charge in [-0.15, -0.1) is 0 Å². The summed E-state index contributed by atoms with van der Waals surface area (Å²) in [4.78, 5) is 12.5. The van der Waals surface area contributed by atoms with Crippen LogP contribution in [-0.4, -0.2) is 50.1 Å². The second-order valence-electron chi connectivity index (χ2n) is 8.90. The quantitative estimate of drug-likeness (QED) is 0.464. The van der Waals surface area contributed by atoms with Crippen LogP contribution in [0.25, 0.3) is 10.8 Å². The van der Waals surface area contributed by atoms with Gasteiger partial charge in [0, 0.05) is 13.7 Å². The van der Waals surface area contributed by atoms with E-state index in [1.807, 2.05) is 0 Å². The molecule has 2 aromatic rings. The molecule has 0 amide bonds. The lowest BCUT2D eigenvalue weighted by Crippen LogP contribution is -2.32. The average molecular weight is 423 g/mol. The van der Waals surface area contributed by atoms with Crippen LogP contribution in [0.2, 0.25) is 0 Å². The van der Waals surface area contributed by atoms with E-state index in [4.69, 9.17) is 14.6 Å². The third-order valence-electron chi connectivity index (χ3n) is 6.91. The van der Waals surface area contributed by atoms with Gasteiger partial charge in [0.05, 0.1) is 31.4 Å². The van der Waals surface area contributed by atoms with Crippen molar-refractivity contribution in [3.8, 4) is 0 Å². The maximum absolute atomic E-state index is 12.5. The van der Waals surface area contributed by atoms with Gasteiger partial charge in [-0.05, 0) is 60.4 Å². The summed E-state index contributed by atoms with van der Waals surface area (Å²) in [6, 6.07) is 15.4. The Kier molecular flexibility index (Phi) is 7.23. The maximum atomic E-state index is 12.5. The second-order valence-corrected chi connectivity index (χ2v) is 8.90. The zero-order valence-electron chi connectivity index (χ0n) is 18.8. The molecule has 4 rings (SSSR count). The molecule has 1 saturated heterocycles. The Bertz CT molecular complexity index is 926. The third kappa shape index (κ3) is 5.09. The molecule has 5 nitrogen and oxygen atoms in total. The van der Waals surface area contributed by atoms with Crippen LogP contribution >= 0.6 is 0 Å². The van der Waals surface area contributed by atoms with Crippen molar-refractivity contribution in [3.05, 3.63) is 48.0 Å². The van der Waals surface area contributed by atoms with Gasteiger partial charge in [0.15, 0.2) is 0 Å². The van der Waals surface area contributed by atoms with Gasteiger partial charge in [-0.3, -0.25) is 9.80 Å². The van der Waals surface area contributed by atoms with Crippen molar-refractivity contribution in [2.24, 2.45) is 16.9 Å². The first-order chi connectivity index (χ1) is 15.2. The molecule has 1 heterocycles. The van der Waals surface area contributed by atoms with E-state index in [9.17, 15) is 4.79 Å². The van der Waals surface area contributed by atoms with Crippen molar-refractivity contribution in [1.82, 2.24) is 5.01 Å². The summed E-state index contributed by atoms with van der Waals surface area (Å²) < 4.78 is 10.6. The number of hydrogen-bond donors (Lipinski definition) is 0. The number of carbonyl (C=O) groups excluding carboxylic acids is 1. The largest absolute Gasteiger partial charge is 0.469 e. The molecule has 0 unspecified atom stereocenters. The van der Waals surface area contributed by atoms with Gasteiger partial charge in [-0.2, -0.15) is 5.10 Å². The summed E-state index contributed by atoms with van der Waals surface area (Å²) in [6.07, 6.45) is 7.27. The van der Waals surface area contributed by atoms with Crippen molar-refractivity contribution >= 4 is 22.5 Å². The predicted octanol–water partition coefficient (Wildman–Crippen LogP) is 5.02. The summed E-state index contributed by atoms with van der Waals surface area (Å²) in [7, 11) is 3.26. The zero-order valence-corrected chi connectivity index (χ0v) is 18.8. The highest BCUT2D eigenvalue weighted by atomic mass is 16.5. The smallest absolute Gasteiger partial charge is 0.308 e. The molecule has 0 radical (unpaired) electrons. The van der Waals surface area contributed by atoms with E-state index in [1.165, 1.54) is 24.3 Å². The molecule has 3 atom stereocenters. The Morgan fingerprint density at radius 3 is 2.65 bits per heavy atom. The van der Waals surface area contributed by atoms with Crippen LogP contribution < -0.4 is 0 Å². The molecule has 0 bridgehead atoms. The first-order valence-electron chi connectivity index (χ1n) is 11.6. The van der Waals surface area contributed by atoms with E-state index in [0.717, 1.165) is 56.3 Å². The number of hydrazone groups is 1. The highest BCUT2D eigenvalue weighted by Gasteiger charge is 2.33. The Hall–Kier alpha value is -2.40. The van der Waals surface area contributed by atoms with Crippen molar-refractivity contribution in [2.75, 3.05) is 27.4 Å². The molecule has 166 valence electrons. The molecule has 2 fully saturated rings. The first-order valence-corrected chi connectivity index (χ1v) is 11.6. The third-order valence-corrected chi connectivity index (χ3v) is 6.91. The van der Waals surface area contributed by atoms with Crippen LogP contribution in [0.5, 0.6) is 0 Å². The highest BCUT2D eigenvalue weighted by Crippen LogP contribution is 2.35. The van der Waals surface area contributed by atoms with Gasteiger partial charge < -0.3 is 9.47 Å². The number of hydrogen-bond acceptors (Lipinski definition) is 5. The number of fused-ring (bicyclic) bond motifs is 1. The van der Waals surface area contributed by atoms with Gasteiger partial charge in [-0.25, -0.2) is 0 Å². The van der Waals surface area contributed by atoms with Crippen molar-refractivity contribution in [1.29, 1.82) is 0 Å². The summed E-state index contributed by atoms with van der Waals surface area (Å²) in [5.74, 6) is 0.175. The minimum atomic E-state index is -0.0685. The van der Waals surface area contributed by atoms with E-state index in [0.29, 0.717) is 12.6 Å². The molecule has 5 heteroatoms. The van der Waals surface area contributed by atoms with Gasteiger partial charge >= 0.3 is 5.97 Å². The molecule has 2 aromatic carbocycles. The van der Waals surface area contributed by atoms with Crippen molar-refractivity contribution in [3.63, 3.8) is 0 Å². The molecular weight excluding hydrogens is 388 g/mol. The van der Waals surface area contributed by atoms with E-state index < -0.39 is 0 Å². The number of nitrogens with zero attached hydrogens (tertiary/aromatic N) is 2. The number of ether oxygens (including phenoxy) is 2. The Morgan fingerprint density at radius 1 is 1.03 bits per heavy atom. The molecule has 1 aliphatic heterocycles. The van der Waals surface area contributed by atoms with E-state index in [1.54, 1.807) is 7.11 Å². The lowest BCUT2D eigenvalue weighted by molar-refractivity contribution is -0.148. The number of esters is 1. The van der Waals surface area contributed by atoms with Crippen LogP contribution in [0.3, 0.4) is 0 Å². The van der Waals surface area contributed by atoms with Crippen molar-refractivity contribution < 1.29 is 14.3 Å². The fourth-order valence-electron chi connectivity index (χ4n) is 5.22. The first kappa shape index (κ1) is 21.8. The van der Waals surface area contributed by atoms with Gasteiger partial charge in [0.1, 0.15) is 0 Å². The Balaban J connectivity index is 1.67. The van der Waals surface area contributed by atoms with Gasteiger partial charge in [-0.1, -0.05) is 49.2 Å². The minimum absolute atomic E-state index is 0.0299. The van der Waals surface area contributed by atoms with E-state index in [-0.39, 0.29) is 17.8 Å². The highest BCUT2D eigenvalue weighted by molar-refractivity contribution is 6.03. The van der Waals surface area contributed by atoms with Crippen LogP contribution in [0.4, 0.5) is 0 Å². The van der Waals surface area contributed by atoms with Gasteiger partial charge in [0.2, 0.25) is 0 Å². The lowest BCUT2D eigenvalue weighted by atomic mass is 9.76. The molecule has 0 spiro atoms. The molecule has 0 aromatic heterocycles. The number of rotatable bonds is 7. The molecule has 31 heavy (non-hydrogen) atoms. The number of methoxy groups -OCH3 is 2. The summed E-state index contributed by atoms with van der Waals surface area (Å²) >= 11 is 0. The SMILES string of the molecule is COC[C@@H]1CCCN1/N=C(\C[C@H]1CCCC[C@@H]1C(=O)OC)c1ccc2ccccc2c1. The van der Waals surface area contributed by atoms with E-state index >= 15 is 0 Å². The van der Waals surface area contributed by atoms with Crippen LogP contribution in [-0.2, 0) is 14.3 Å². The summed E-state index contributed by atoms with van der Waals surface area (Å²) in [5, 5.41) is 9.85. The van der Waals surface area contributed by atoms with Crippen LogP contribution in [0, 0.1) is 11.8 Å². The van der Waals surface area contributed by atoms with Gasteiger partial charge in [0.25, 0.3) is 0 Å². The second kappa shape index (κ2) is 10.3. The average Bonchev–Trinajstić information content (AvgIpc) is 3.25.